The molecule has 0 saturated heterocycles. The van der Waals surface area contributed by atoms with Gasteiger partial charge < -0.3 is 4.57 Å². The molecule has 3 heterocycles. The Morgan fingerprint density at radius 1 is 0.931 bits per heavy atom. The van der Waals surface area contributed by atoms with Crippen LogP contribution in [0.15, 0.2) is 77.9 Å². The van der Waals surface area contributed by atoms with Crippen LogP contribution in [0, 0.1) is 13.8 Å². The molecule has 0 unspecified atom stereocenters. The molecule has 0 aliphatic carbocycles. The van der Waals surface area contributed by atoms with Gasteiger partial charge in [0.25, 0.3) is 5.56 Å². The van der Waals surface area contributed by atoms with Crippen molar-refractivity contribution in [1.29, 1.82) is 0 Å². The first-order valence-corrected chi connectivity index (χ1v) is 9.60. The van der Waals surface area contributed by atoms with E-state index in [1.54, 1.807) is 0 Å². The highest BCUT2D eigenvalue weighted by atomic mass is 16.1. The van der Waals surface area contributed by atoms with Gasteiger partial charge in [-0.25, -0.2) is 0 Å². The van der Waals surface area contributed by atoms with E-state index in [-0.39, 0.29) is 5.56 Å². The van der Waals surface area contributed by atoms with Crippen molar-refractivity contribution in [2.75, 3.05) is 0 Å². The van der Waals surface area contributed by atoms with Crippen molar-refractivity contribution in [1.82, 2.24) is 19.3 Å². The first-order valence-electron chi connectivity index (χ1n) is 9.60. The van der Waals surface area contributed by atoms with Crippen LogP contribution in [0.2, 0.25) is 0 Å². The second kappa shape index (κ2) is 6.71. The zero-order chi connectivity index (χ0) is 20.0. The maximum Gasteiger partial charge on any atom is 0.282 e. The van der Waals surface area contributed by atoms with Gasteiger partial charge >= 0.3 is 0 Å². The molecular weight excluding hydrogens is 360 g/mol. The number of hydrogen-bond donors (Lipinski definition) is 0. The molecule has 0 saturated carbocycles. The molecule has 0 spiro atoms. The van der Waals surface area contributed by atoms with Crippen LogP contribution in [0.25, 0.3) is 27.8 Å². The molecule has 0 amide bonds. The van der Waals surface area contributed by atoms with Crippen molar-refractivity contribution >= 4 is 10.9 Å². The lowest BCUT2D eigenvalue weighted by Crippen LogP contribution is -2.16. The Morgan fingerprint density at radius 3 is 2.52 bits per heavy atom. The zero-order valence-electron chi connectivity index (χ0n) is 16.3. The topological polar surface area (TPSA) is 52.7 Å². The largest absolute Gasteiger partial charge is 0.341 e. The molecular formula is C24H20N4O. The van der Waals surface area contributed by atoms with Crippen LogP contribution < -0.4 is 5.56 Å². The SMILES string of the molecule is Cc1ccc(Cn2cc3c(=O)n(-c4ccccc4C)nc-3c3ccccc32)nc1. The van der Waals surface area contributed by atoms with Gasteiger partial charge in [-0.2, -0.15) is 9.78 Å². The van der Waals surface area contributed by atoms with Gasteiger partial charge in [0, 0.05) is 17.8 Å². The zero-order valence-corrected chi connectivity index (χ0v) is 16.3. The number of hydrogen-bond acceptors (Lipinski definition) is 3. The van der Waals surface area contributed by atoms with Crippen molar-refractivity contribution in [3.8, 4) is 16.9 Å². The lowest BCUT2D eigenvalue weighted by Gasteiger charge is -2.13. The van der Waals surface area contributed by atoms with Crippen LogP contribution in [-0.2, 0) is 6.54 Å². The summed E-state index contributed by atoms with van der Waals surface area (Å²) in [5.74, 6) is 0. The number of aromatic nitrogens is 4. The van der Waals surface area contributed by atoms with Gasteiger partial charge in [-0.05, 0) is 43.2 Å². The number of fused-ring (bicyclic) bond motifs is 3. The average molecular weight is 380 g/mol. The highest BCUT2D eigenvalue weighted by Gasteiger charge is 2.21. The Balaban J connectivity index is 1.76. The number of pyridine rings is 2. The Hall–Kier alpha value is -3.73. The van der Waals surface area contributed by atoms with Crippen molar-refractivity contribution in [3.63, 3.8) is 0 Å². The molecule has 2 aromatic carbocycles. The maximum absolute atomic E-state index is 13.2. The number of aryl methyl sites for hydroxylation is 2. The summed E-state index contributed by atoms with van der Waals surface area (Å²) in [6.45, 7) is 4.60. The van der Waals surface area contributed by atoms with E-state index in [0.717, 1.165) is 39.1 Å². The van der Waals surface area contributed by atoms with Crippen LogP contribution in [0.1, 0.15) is 16.8 Å². The van der Waals surface area contributed by atoms with E-state index in [4.69, 9.17) is 5.10 Å². The fourth-order valence-electron chi connectivity index (χ4n) is 3.74. The lowest BCUT2D eigenvalue weighted by molar-refractivity contribution is 0.798. The molecule has 3 aromatic rings. The molecule has 0 atom stereocenters. The average Bonchev–Trinajstić information content (AvgIpc) is 3.07. The lowest BCUT2D eigenvalue weighted by atomic mass is 10.1. The Labute approximate surface area is 168 Å². The minimum Gasteiger partial charge on any atom is -0.341 e. The molecule has 29 heavy (non-hydrogen) atoms. The van der Waals surface area contributed by atoms with Crippen molar-refractivity contribution in [2.24, 2.45) is 0 Å². The summed E-state index contributed by atoms with van der Waals surface area (Å²) in [7, 11) is 0. The summed E-state index contributed by atoms with van der Waals surface area (Å²) < 4.78 is 3.60. The predicted octanol–water partition coefficient (Wildman–Crippen LogP) is 4.35. The van der Waals surface area contributed by atoms with Gasteiger partial charge in [-0.15, -0.1) is 0 Å². The van der Waals surface area contributed by atoms with Crippen molar-refractivity contribution in [2.45, 2.75) is 20.4 Å². The van der Waals surface area contributed by atoms with Crippen molar-refractivity contribution < 1.29 is 0 Å². The summed E-state index contributed by atoms with van der Waals surface area (Å²) in [6, 6.07) is 19.9. The summed E-state index contributed by atoms with van der Waals surface area (Å²) in [4.78, 5) is 17.8. The molecule has 0 fully saturated rings. The molecule has 5 nitrogen and oxygen atoms in total. The van der Waals surface area contributed by atoms with Gasteiger partial charge in [-0.3, -0.25) is 9.78 Å². The first-order chi connectivity index (χ1) is 14.1. The highest BCUT2D eigenvalue weighted by Crippen LogP contribution is 2.28. The summed E-state index contributed by atoms with van der Waals surface area (Å²) in [5.41, 5.74) is 6.15. The van der Waals surface area contributed by atoms with E-state index in [2.05, 4.69) is 21.7 Å². The third kappa shape index (κ3) is 2.91. The fourth-order valence-corrected chi connectivity index (χ4v) is 3.74. The molecule has 0 radical (unpaired) electrons. The molecule has 5 heteroatoms. The van der Waals surface area contributed by atoms with E-state index in [1.807, 2.05) is 74.8 Å². The van der Waals surface area contributed by atoms with Crippen LogP contribution in [-0.4, -0.2) is 19.3 Å². The fraction of sp³-hybridized carbons (Fsp3) is 0.125. The molecule has 2 aliphatic rings. The molecule has 1 aromatic heterocycles. The van der Waals surface area contributed by atoms with Crippen LogP contribution in [0.3, 0.4) is 0 Å². The Bertz CT molecular complexity index is 1360. The maximum atomic E-state index is 13.2. The molecule has 5 rings (SSSR count). The summed E-state index contributed by atoms with van der Waals surface area (Å²) >= 11 is 0. The summed E-state index contributed by atoms with van der Waals surface area (Å²) in [6.07, 6.45) is 3.77. The van der Waals surface area contributed by atoms with Crippen molar-refractivity contribution in [3.05, 3.63) is 100 Å². The monoisotopic (exact) mass is 380 g/mol. The molecule has 142 valence electrons. The molecule has 0 N–H and O–H groups in total. The van der Waals surface area contributed by atoms with Gasteiger partial charge in [0.1, 0.15) is 5.69 Å². The van der Waals surface area contributed by atoms with E-state index >= 15 is 0 Å². The van der Waals surface area contributed by atoms with Crippen LogP contribution >= 0.6 is 0 Å². The van der Waals surface area contributed by atoms with Gasteiger partial charge in [0.2, 0.25) is 0 Å². The third-order valence-electron chi connectivity index (χ3n) is 5.28. The molecule has 0 bridgehead atoms. The minimum absolute atomic E-state index is 0.106. The number of nitrogens with zero attached hydrogens (tertiary/aromatic N) is 4. The van der Waals surface area contributed by atoms with E-state index < -0.39 is 0 Å². The Morgan fingerprint density at radius 2 is 1.72 bits per heavy atom. The van der Waals surface area contributed by atoms with Gasteiger partial charge in [0.15, 0.2) is 0 Å². The van der Waals surface area contributed by atoms with Gasteiger partial charge in [-0.1, -0.05) is 42.5 Å². The van der Waals surface area contributed by atoms with E-state index in [1.165, 1.54) is 4.68 Å². The quantitative estimate of drug-likeness (QED) is 0.467. The van der Waals surface area contributed by atoms with E-state index in [9.17, 15) is 4.79 Å². The second-order valence-corrected chi connectivity index (χ2v) is 7.37. The standard InChI is InChI=1S/C24H20N4O/c1-16-11-12-18(25-13-16)14-27-15-20-23(19-8-4-6-10-22(19)27)26-28(24(20)29)21-9-5-3-7-17(21)2/h3-13,15H,14H2,1-2H3. The number of benzene rings is 2. The highest BCUT2D eigenvalue weighted by molar-refractivity contribution is 5.93. The summed E-state index contributed by atoms with van der Waals surface area (Å²) in [5, 5.41) is 5.67. The van der Waals surface area contributed by atoms with Gasteiger partial charge in [0.05, 0.1) is 29.0 Å². The van der Waals surface area contributed by atoms with Crippen LogP contribution in [0.5, 0.6) is 0 Å². The third-order valence-corrected chi connectivity index (χ3v) is 5.28. The normalized spacial score (nSPS) is 11.4. The first kappa shape index (κ1) is 17.4. The van der Waals surface area contributed by atoms with Crippen LogP contribution in [0.4, 0.5) is 0 Å². The van der Waals surface area contributed by atoms with E-state index in [0.29, 0.717) is 12.1 Å². The minimum atomic E-state index is -0.106. The Kier molecular flexibility index (Phi) is 4.02. The molecule has 2 aliphatic heterocycles. The second-order valence-electron chi connectivity index (χ2n) is 7.37. The smallest absolute Gasteiger partial charge is 0.282 e. The number of para-hydroxylation sites is 2. The predicted molar refractivity (Wildman–Crippen MR) is 115 cm³/mol. The number of rotatable bonds is 3.